The monoisotopic (exact) mass is 392 g/mol. The molecule has 2 fully saturated rings. The third-order valence-corrected chi connectivity index (χ3v) is 6.43. The summed E-state index contributed by atoms with van der Waals surface area (Å²) in [6, 6.07) is 19.8. The van der Waals surface area contributed by atoms with E-state index in [2.05, 4.69) is 72.2 Å². The molecule has 29 heavy (non-hydrogen) atoms. The molecule has 4 rings (SSSR count). The van der Waals surface area contributed by atoms with Crippen LogP contribution in [0.4, 0.5) is 5.69 Å². The van der Waals surface area contributed by atoms with Gasteiger partial charge in [-0.25, -0.2) is 0 Å². The molecule has 2 aliphatic rings. The van der Waals surface area contributed by atoms with Gasteiger partial charge in [-0.2, -0.15) is 0 Å². The summed E-state index contributed by atoms with van der Waals surface area (Å²) in [5, 5.41) is 0. The van der Waals surface area contributed by atoms with Crippen molar-refractivity contribution in [3.05, 3.63) is 65.7 Å². The first kappa shape index (κ1) is 20.0. The van der Waals surface area contributed by atoms with Crippen molar-refractivity contribution in [2.24, 2.45) is 5.92 Å². The Balaban J connectivity index is 1.54. The lowest BCUT2D eigenvalue weighted by atomic mass is 10.0. The van der Waals surface area contributed by atoms with E-state index in [9.17, 15) is 4.79 Å². The summed E-state index contributed by atoms with van der Waals surface area (Å²) in [5.74, 6) is 0.268. The van der Waals surface area contributed by atoms with E-state index in [0.29, 0.717) is 12.6 Å². The fourth-order valence-electron chi connectivity index (χ4n) is 4.77. The van der Waals surface area contributed by atoms with E-state index < -0.39 is 0 Å². The maximum Gasteiger partial charge on any atom is 0.310 e. The smallest absolute Gasteiger partial charge is 0.310 e. The third kappa shape index (κ3) is 4.18. The molecule has 2 aromatic carbocycles. The predicted octanol–water partition coefficient (Wildman–Crippen LogP) is 4.28. The lowest BCUT2D eigenvalue weighted by Crippen LogP contribution is -2.48. The molecule has 1 heterocycles. The van der Waals surface area contributed by atoms with E-state index in [1.54, 1.807) is 0 Å². The molecule has 0 aromatic heterocycles. The Labute approximate surface area is 174 Å². The SMILES string of the molecule is CCOC(=O)[C@@H]1[C@H](c2ccccc2)[C@H]1c1cccc(N2CCN(C(C)C)CC2)c1. The van der Waals surface area contributed by atoms with Crippen molar-refractivity contribution >= 4 is 11.7 Å². The lowest BCUT2D eigenvalue weighted by molar-refractivity contribution is -0.144. The molecule has 1 saturated carbocycles. The summed E-state index contributed by atoms with van der Waals surface area (Å²) in [6.07, 6.45) is 0. The number of ether oxygens (including phenoxy) is 1. The minimum absolute atomic E-state index is 0.0673. The number of rotatable bonds is 6. The molecule has 1 saturated heterocycles. The quantitative estimate of drug-likeness (QED) is 0.687. The maximum absolute atomic E-state index is 12.6. The molecule has 0 spiro atoms. The fourth-order valence-corrected chi connectivity index (χ4v) is 4.77. The van der Waals surface area contributed by atoms with E-state index >= 15 is 0 Å². The third-order valence-electron chi connectivity index (χ3n) is 6.43. The van der Waals surface area contributed by atoms with Gasteiger partial charge in [0.05, 0.1) is 12.5 Å². The van der Waals surface area contributed by atoms with Crippen LogP contribution in [0.5, 0.6) is 0 Å². The maximum atomic E-state index is 12.6. The number of carbonyl (C=O) groups excluding carboxylic acids is 1. The minimum Gasteiger partial charge on any atom is -0.466 e. The summed E-state index contributed by atoms with van der Waals surface area (Å²) >= 11 is 0. The minimum atomic E-state index is -0.0783. The highest BCUT2D eigenvalue weighted by molar-refractivity contribution is 5.80. The first-order valence-electron chi connectivity index (χ1n) is 10.9. The van der Waals surface area contributed by atoms with Gasteiger partial charge < -0.3 is 9.64 Å². The number of anilines is 1. The Morgan fingerprint density at radius 2 is 1.62 bits per heavy atom. The van der Waals surface area contributed by atoms with Gasteiger partial charge in [-0.05, 0) is 44.0 Å². The van der Waals surface area contributed by atoms with E-state index in [4.69, 9.17) is 4.74 Å². The topological polar surface area (TPSA) is 32.8 Å². The molecule has 1 aliphatic heterocycles. The van der Waals surface area contributed by atoms with Crippen LogP contribution in [0.3, 0.4) is 0 Å². The van der Waals surface area contributed by atoms with E-state index in [-0.39, 0.29) is 23.7 Å². The first-order valence-corrected chi connectivity index (χ1v) is 10.9. The number of hydrogen-bond donors (Lipinski definition) is 0. The van der Waals surface area contributed by atoms with Gasteiger partial charge in [0.15, 0.2) is 0 Å². The second kappa shape index (κ2) is 8.58. The highest BCUT2D eigenvalue weighted by Gasteiger charge is 2.57. The van der Waals surface area contributed by atoms with Crippen molar-refractivity contribution in [3.63, 3.8) is 0 Å². The highest BCUT2D eigenvalue weighted by atomic mass is 16.5. The van der Waals surface area contributed by atoms with Crippen LogP contribution < -0.4 is 4.90 Å². The average Bonchev–Trinajstić information content (AvgIpc) is 3.51. The molecule has 2 aromatic rings. The van der Waals surface area contributed by atoms with Gasteiger partial charge in [-0.1, -0.05) is 42.5 Å². The number of hydrogen-bond acceptors (Lipinski definition) is 4. The van der Waals surface area contributed by atoms with Crippen molar-refractivity contribution in [2.75, 3.05) is 37.7 Å². The summed E-state index contributed by atoms with van der Waals surface area (Å²) in [5.41, 5.74) is 3.75. The molecule has 0 N–H and O–H groups in total. The van der Waals surface area contributed by atoms with Crippen LogP contribution in [0.1, 0.15) is 43.7 Å². The Bertz CT molecular complexity index is 828. The Kier molecular flexibility index (Phi) is 5.91. The molecule has 154 valence electrons. The van der Waals surface area contributed by atoms with Crippen molar-refractivity contribution in [1.82, 2.24) is 4.90 Å². The van der Waals surface area contributed by atoms with Crippen molar-refractivity contribution in [3.8, 4) is 0 Å². The normalized spacial score (nSPS) is 24.6. The fraction of sp³-hybridized carbons (Fsp3) is 0.480. The largest absolute Gasteiger partial charge is 0.466 e. The van der Waals surface area contributed by atoms with Gasteiger partial charge in [-0.15, -0.1) is 0 Å². The Morgan fingerprint density at radius 1 is 0.966 bits per heavy atom. The highest BCUT2D eigenvalue weighted by Crippen LogP contribution is 2.61. The van der Waals surface area contributed by atoms with Gasteiger partial charge in [0.2, 0.25) is 0 Å². The summed E-state index contributed by atoms with van der Waals surface area (Å²) in [7, 11) is 0. The molecule has 0 radical (unpaired) electrons. The molecule has 4 nitrogen and oxygen atoms in total. The number of benzene rings is 2. The molecule has 0 amide bonds. The molecule has 0 unspecified atom stereocenters. The van der Waals surface area contributed by atoms with Gasteiger partial charge in [0, 0.05) is 49.7 Å². The number of carbonyl (C=O) groups is 1. The lowest BCUT2D eigenvalue weighted by Gasteiger charge is -2.38. The zero-order chi connectivity index (χ0) is 20.4. The van der Waals surface area contributed by atoms with Crippen LogP contribution in [0, 0.1) is 5.92 Å². The number of nitrogens with zero attached hydrogens (tertiary/aromatic N) is 2. The van der Waals surface area contributed by atoms with Crippen LogP contribution in [0.15, 0.2) is 54.6 Å². The number of esters is 1. The molecular weight excluding hydrogens is 360 g/mol. The van der Waals surface area contributed by atoms with E-state index in [1.165, 1.54) is 16.8 Å². The first-order chi connectivity index (χ1) is 14.1. The number of piperazine rings is 1. The Morgan fingerprint density at radius 3 is 2.28 bits per heavy atom. The predicted molar refractivity (Wildman–Crippen MR) is 117 cm³/mol. The van der Waals surface area contributed by atoms with Gasteiger partial charge >= 0.3 is 5.97 Å². The second-order valence-corrected chi connectivity index (χ2v) is 8.45. The summed E-state index contributed by atoms with van der Waals surface area (Å²) < 4.78 is 5.40. The molecule has 3 atom stereocenters. The second-order valence-electron chi connectivity index (χ2n) is 8.45. The van der Waals surface area contributed by atoms with Crippen LogP contribution in [0.2, 0.25) is 0 Å². The van der Waals surface area contributed by atoms with Crippen molar-refractivity contribution in [2.45, 2.75) is 38.6 Å². The van der Waals surface area contributed by atoms with Gasteiger partial charge in [0.25, 0.3) is 0 Å². The average molecular weight is 393 g/mol. The molecule has 0 bridgehead atoms. The zero-order valence-corrected chi connectivity index (χ0v) is 17.8. The summed E-state index contributed by atoms with van der Waals surface area (Å²) in [6.45, 7) is 11.2. The van der Waals surface area contributed by atoms with Crippen LogP contribution in [-0.4, -0.2) is 49.7 Å². The van der Waals surface area contributed by atoms with Crippen LogP contribution in [-0.2, 0) is 9.53 Å². The van der Waals surface area contributed by atoms with E-state index in [0.717, 1.165) is 26.2 Å². The Hall–Kier alpha value is -2.33. The van der Waals surface area contributed by atoms with Gasteiger partial charge in [-0.3, -0.25) is 9.69 Å². The zero-order valence-electron chi connectivity index (χ0n) is 17.8. The summed E-state index contributed by atoms with van der Waals surface area (Å²) in [4.78, 5) is 17.6. The van der Waals surface area contributed by atoms with Crippen molar-refractivity contribution < 1.29 is 9.53 Å². The van der Waals surface area contributed by atoms with Crippen LogP contribution in [0.25, 0.3) is 0 Å². The van der Waals surface area contributed by atoms with E-state index in [1.807, 2.05) is 13.0 Å². The molecule has 1 aliphatic carbocycles. The van der Waals surface area contributed by atoms with Crippen molar-refractivity contribution in [1.29, 1.82) is 0 Å². The molecular formula is C25H32N2O2. The van der Waals surface area contributed by atoms with Gasteiger partial charge in [0.1, 0.15) is 0 Å². The standard InChI is InChI=1S/C25H32N2O2/c1-4-29-25(28)24-22(19-9-6-5-7-10-19)23(24)20-11-8-12-21(17-20)27-15-13-26(14-16-27)18(2)3/h5-12,17-18,22-24H,4,13-16H2,1-3H3/t22-,23-,24-/m1/s1. The van der Waals surface area contributed by atoms with Crippen LogP contribution >= 0.6 is 0 Å². The molecule has 4 heteroatoms.